The van der Waals surface area contributed by atoms with Crippen molar-refractivity contribution in [1.29, 1.82) is 0 Å². The maximum atomic E-state index is 11.7. The van der Waals surface area contributed by atoms with Crippen molar-refractivity contribution in [1.82, 2.24) is 15.0 Å². The van der Waals surface area contributed by atoms with E-state index in [1.165, 1.54) is 0 Å². The van der Waals surface area contributed by atoms with Crippen molar-refractivity contribution in [3.63, 3.8) is 0 Å². The van der Waals surface area contributed by atoms with Crippen molar-refractivity contribution in [2.24, 2.45) is 0 Å². The van der Waals surface area contributed by atoms with Crippen LogP contribution in [0.15, 0.2) is 152 Å². The summed E-state index contributed by atoms with van der Waals surface area (Å²) in [5.41, 5.74) is 7.68. The highest BCUT2D eigenvalue weighted by molar-refractivity contribution is 7.86. The summed E-state index contributed by atoms with van der Waals surface area (Å²) >= 11 is 0. The molecule has 8 aromatic rings. The molecule has 7 aromatic carbocycles. The van der Waals surface area contributed by atoms with Gasteiger partial charge in [-0.3, -0.25) is 18.2 Å². The zero-order valence-corrected chi connectivity index (χ0v) is 51.7. The van der Waals surface area contributed by atoms with Crippen LogP contribution in [0.25, 0.3) is 34.2 Å². The van der Waals surface area contributed by atoms with Crippen LogP contribution in [0.2, 0.25) is 0 Å². The predicted molar refractivity (Wildman–Crippen MR) is 336 cm³/mol. The van der Waals surface area contributed by atoms with E-state index in [1.807, 2.05) is 155 Å². The first-order valence-corrected chi connectivity index (χ1v) is 34.6. The highest BCUT2D eigenvalue weighted by atomic mass is 32.2. The standard InChI is InChI=1S/C63H65N5O16S4/c1-62(2)51-38-47(81-27-11-31-85(69,70)71)19-23-55(51)67(56-24-20-48(39-52(56)62)82-28-12-32-86(72,73)74)45-35-44(61-65-59(42-15-7-5-8-16-42)64-60(66-61)43-17-9-6-10-18-43)36-46(37-45)68-57-25-21-49(83-29-13-33-87(75,76)77)40-53(57)63(3,4)54-41-50(22-26-58(54)68)84-30-14-34-88(78,79)80/h5-10,15-26,35-41H,11-14,27-34H2,1-4H3,(H,69,70,71)(H,72,73,74)(H,75,76,77)(H,78,79,80). The summed E-state index contributed by atoms with van der Waals surface area (Å²) in [5, 5.41) is 0. The zero-order chi connectivity index (χ0) is 62.8. The largest absolute Gasteiger partial charge is 0.494 e. The normalized spacial score (nSPS) is 14.3. The Morgan fingerprint density at radius 1 is 0.352 bits per heavy atom. The number of hydrogen-bond acceptors (Lipinski definition) is 17. The molecule has 88 heavy (non-hydrogen) atoms. The Morgan fingerprint density at radius 3 is 0.875 bits per heavy atom. The Bertz CT molecular complexity index is 3930. The zero-order valence-electron chi connectivity index (χ0n) is 48.5. The van der Waals surface area contributed by atoms with Crippen molar-refractivity contribution in [2.45, 2.75) is 64.2 Å². The lowest BCUT2D eigenvalue weighted by molar-refractivity contribution is 0.314. The van der Waals surface area contributed by atoms with Crippen molar-refractivity contribution < 1.29 is 70.8 Å². The molecule has 21 nitrogen and oxygen atoms in total. The minimum Gasteiger partial charge on any atom is -0.494 e. The third-order valence-electron chi connectivity index (χ3n) is 15.2. The van der Waals surface area contributed by atoms with Gasteiger partial charge >= 0.3 is 0 Å². The molecule has 2 aliphatic rings. The lowest BCUT2D eigenvalue weighted by Crippen LogP contribution is -2.32. The second kappa shape index (κ2) is 25.2. The van der Waals surface area contributed by atoms with Gasteiger partial charge in [0.2, 0.25) is 0 Å². The number of aromatic nitrogens is 3. The fourth-order valence-corrected chi connectivity index (χ4v) is 12.9. The van der Waals surface area contributed by atoms with Crippen LogP contribution in [-0.4, -0.2) is 116 Å². The van der Waals surface area contributed by atoms with Gasteiger partial charge in [0, 0.05) is 38.9 Å². The monoisotopic (exact) mass is 1280 g/mol. The molecule has 2 aliphatic heterocycles. The molecule has 4 N–H and O–H groups in total. The van der Waals surface area contributed by atoms with E-state index in [-0.39, 0.29) is 52.1 Å². The van der Waals surface area contributed by atoms with Crippen molar-refractivity contribution in [3.05, 3.63) is 174 Å². The van der Waals surface area contributed by atoms with E-state index in [0.29, 0.717) is 57.4 Å². The van der Waals surface area contributed by atoms with Gasteiger partial charge in [0.05, 0.1) is 72.2 Å². The van der Waals surface area contributed by atoms with Gasteiger partial charge in [0.15, 0.2) is 17.5 Å². The Balaban J connectivity index is 1.21. The molecule has 0 bridgehead atoms. The van der Waals surface area contributed by atoms with Gasteiger partial charge in [-0.25, -0.2) is 15.0 Å². The Labute approximate surface area is 512 Å². The van der Waals surface area contributed by atoms with E-state index in [2.05, 4.69) is 9.80 Å². The average molecular weight is 1280 g/mol. The number of hydrogen-bond donors (Lipinski definition) is 4. The maximum absolute atomic E-state index is 11.7. The van der Waals surface area contributed by atoms with Gasteiger partial charge in [-0.2, -0.15) is 33.7 Å². The van der Waals surface area contributed by atoms with E-state index in [4.69, 9.17) is 33.9 Å². The van der Waals surface area contributed by atoms with Crippen LogP contribution in [0.1, 0.15) is 75.6 Å². The second-order valence-electron chi connectivity index (χ2n) is 22.4. The summed E-state index contributed by atoms with van der Waals surface area (Å²) in [4.78, 5) is 19.6. The van der Waals surface area contributed by atoms with Crippen molar-refractivity contribution in [3.8, 4) is 57.2 Å². The molecular weight excluding hydrogens is 1210 g/mol. The molecule has 0 aliphatic carbocycles. The summed E-state index contributed by atoms with van der Waals surface area (Å²) in [6.45, 7) is 8.07. The molecular formula is C63H65N5O16S4. The van der Waals surface area contributed by atoms with Gasteiger partial charge in [-0.15, -0.1) is 0 Å². The van der Waals surface area contributed by atoms with E-state index in [9.17, 15) is 51.9 Å². The third kappa shape index (κ3) is 14.9. The van der Waals surface area contributed by atoms with Crippen LogP contribution in [0.3, 0.4) is 0 Å². The molecule has 0 unspecified atom stereocenters. The Morgan fingerprint density at radius 2 is 0.614 bits per heavy atom. The quantitative estimate of drug-likeness (QED) is 0.0305. The van der Waals surface area contributed by atoms with Gasteiger partial charge < -0.3 is 28.7 Å². The number of fused-ring (bicyclic) bond motifs is 4. The SMILES string of the molecule is CC1(C)c2cc(OCCCS(=O)(=O)O)ccc2N(c2cc(-c3nc(-c4ccccc4)nc(-c4ccccc4)n3)cc(N3c4ccc(OCCCS(=O)(=O)O)cc4C(C)(C)c4cc(OCCCS(=O)(=O)O)ccc43)c2)c2ccc(OCCCS(=O)(=O)O)cc21. The lowest BCUT2D eigenvalue weighted by atomic mass is 9.73. The number of nitrogens with zero attached hydrogens (tertiary/aromatic N) is 5. The van der Waals surface area contributed by atoms with Crippen LogP contribution in [0.5, 0.6) is 23.0 Å². The number of anilines is 6. The van der Waals surface area contributed by atoms with E-state index >= 15 is 0 Å². The fourth-order valence-electron chi connectivity index (χ4n) is 11.0. The lowest BCUT2D eigenvalue weighted by Gasteiger charge is -2.44. The average Bonchev–Trinajstić information content (AvgIpc) is 0.734. The highest BCUT2D eigenvalue weighted by Gasteiger charge is 2.41. The smallest absolute Gasteiger partial charge is 0.264 e. The Kier molecular flexibility index (Phi) is 18.1. The second-order valence-corrected chi connectivity index (χ2v) is 28.7. The first kappa shape index (κ1) is 63.0. The number of ether oxygens (including phenoxy) is 4. The van der Waals surface area contributed by atoms with E-state index in [0.717, 1.165) is 56.1 Å². The third-order valence-corrected chi connectivity index (χ3v) is 18.4. The molecule has 0 saturated heterocycles. The van der Waals surface area contributed by atoms with Crippen LogP contribution < -0.4 is 28.7 Å². The van der Waals surface area contributed by atoms with Crippen LogP contribution in [-0.2, 0) is 51.3 Å². The van der Waals surface area contributed by atoms with Gasteiger partial charge in [0.1, 0.15) is 23.0 Å². The summed E-state index contributed by atoms with van der Waals surface area (Å²) in [6.07, 6.45) is 0.0869. The van der Waals surface area contributed by atoms with Gasteiger partial charge in [-0.05, 0) is 139 Å². The molecule has 0 spiro atoms. The predicted octanol–water partition coefficient (Wildman–Crippen LogP) is 11.7. The molecule has 25 heteroatoms. The summed E-state index contributed by atoms with van der Waals surface area (Å²) in [7, 11) is -17.0. The highest BCUT2D eigenvalue weighted by Crippen LogP contribution is 2.57. The molecule has 0 atom stereocenters. The van der Waals surface area contributed by atoms with Crippen LogP contribution in [0.4, 0.5) is 34.1 Å². The molecule has 0 radical (unpaired) electrons. The van der Waals surface area contributed by atoms with Crippen molar-refractivity contribution >= 4 is 74.6 Å². The van der Waals surface area contributed by atoms with E-state index in [1.54, 1.807) is 24.3 Å². The molecule has 1 aromatic heterocycles. The molecule has 462 valence electrons. The van der Waals surface area contributed by atoms with Crippen molar-refractivity contribution in [2.75, 3.05) is 59.2 Å². The molecule has 3 heterocycles. The topological polar surface area (TPSA) is 300 Å². The minimum absolute atomic E-state index is 0.0208. The Hall–Kier alpha value is -8.01. The summed E-state index contributed by atoms with van der Waals surface area (Å²) in [5.74, 6) is 0.856. The summed E-state index contributed by atoms with van der Waals surface area (Å²) < 4.78 is 156. The number of rotatable bonds is 25. The van der Waals surface area contributed by atoms with Gasteiger partial charge in [0.25, 0.3) is 40.5 Å². The van der Waals surface area contributed by atoms with Crippen LogP contribution >= 0.6 is 0 Å². The summed E-state index contributed by atoms with van der Waals surface area (Å²) in [6, 6.07) is 47.4. The molecule has 10 rings (SSSR count). The molecule has 0 saturated carbocycles. The number of benzene rings is 7. The van der Waals surface area contributed by atoms with E-state index < -0.39 is 74.3 Å². The maximum Gasteiger partial charge on any atom is 0.264 e. The molecule has 0 fully saturated rings. The van der Waals surface area contributed by atoms with Gasteiger partial charge in [-0.1, -0.05) is 88.4 Å². The van der Waals surface area contributed by atoms with Crippen LogP contribution in [0, 0.1) is 0 Å². The minimum atomic E-state index is -4.25. The first-order chi connectivity index (χ1) is 41.6. The molecule has 0 amide bonds. The first-order valence-electron chi connectivity index (χ1n) is 28.1. The fraction of sp³-hybridized carbons (Fsp3) is 0.286.